The van der Waals surface area contributed by atoms with Gasteiger partial charge in [-0.25, -0.2) is 0 Å². The van der Waals surface area contributed by atoms with Gasteiger partial charge in [0, 0.05) is 12.8 Å². The number of esters is 2. The Morgan fingerprint density at radius 1 is 0.307 bits per heavy atom. The first-order chi connectivity index (χ1) is 37.1. The van der Waals surface area contributed by atoms with Crippen molar-refractivity contribution in [3.05, 3.63) is 36.5 Å². The second-order valence-electron chi connectivity index (χ2n) is 23.3. The molecule has 0 aliphatic heterocycles. The van der Waals surface area contributed by atoms with Crippen molar-refractivity contribution in [3.63, 3.8) is 0 Å². The molecule has 0 aromatic rings. The number of hydrogen-bond acceptors (Lipinski definition) is 5. The van der Waals surface area contributed by atoms with Crippen molar-refractivity contribution < 1.29 is 24.2 Å². The average molecular weight is 1050 g/mol. The predicted molar refractivity (Wildman–Crippen MR) is 330 cm³/mol. The molecule has 0 spiro atoms. The standard InChI is InChI=1S/C70H132O5/c1-3-5-7-9-11-13-15-17-19-21-23-25-27-29-31-32-33-34-35-36-37-39-40-42-44-46-48-50-52-54-56-58-60-62-64-69(72)74-67-68(66-71)75-70(73)65-63-61-59-57-55-53-51-49-47-45-43-41-38-30-28-26-24-22-20-18-16-14-12-10-8-6-4-2/h16,18,22,24,28,30,68,71H,3-15,17,19-21,23,25-27,29,31-67H2,1-2H3/b18-16-,24-22-,30-28-. The highest BCUT2D eigenvalue weighted by atomic mass is 16.6. The molecule has 1 unspecified atom stereocenters. The molecule has 0 aromatic carbocycles. The summed E-state index contributed by atoms with van der Waals surface area (Å²) in [4.78, 5) is 24.6. The van der Waals surface area contributed by atoms with Crippen LogP contribution in [-0.2, 0) is 19.1 Å². The first-order valence-electron chi connectivity index (χ1n) is 34.0. The lowest BCUT2D eigenvalue weighted by atomic mass is 10.0. The zero-order valence-corrected chi connectivity index (χ0v) is 50.8. The van der Waals surface area contributed by atoms with Gasteiger partial charge in [0.2, 0.25) is 0 Å². The second-order valence-corrected chi connectivity index (χ2v) is 23.3. The molecule has 1 atom stereocenters. The number of carbonyl (C=O) groups excluding carboxylic acids is 2. The number of rotatable bonds is 64. The lowest BCUT2D eigenvalue weighted by Gasteiger charge is -2.15. The lowest BCUT2D eigenvalue weighted by molar-refractivity contribution is -0.161. The number of hydrogen-bond donors (Lipinski definition) is 1. The van der Waals surface area contributed by atoms with Gasteiger partial charge < -0.3 is 14.6 Å². The summed E-state index contributed by atoms with van der Waals surface area (Å²) in [5.41, 5.74) is 0. The van der Waals surface area contributed by atoms with Gasteiger partial charge in [-0.3, -0.25) is 9.59 Å². The van der Waals surface area contributed by atoms with E-state index < -0.39 is 6.10 Å². The summed E-state index contributed by atoms with van der Waals surface area (Å²) >= 11 is 0. The van der Waals surface area contributed by atoms with E-state index in [0.29, 0.717) is 12.8 Å². The first kappa shape index (κ1) is 73.1. The summed E-state index contributed by atoms with van der Waals surface area (Å²) < 4.78 is 10.8. The minimum absolute atomic E-state index is 0.0614. The molecule has 0 fully saturated rings. The van der Waals surface area contributed by atoms with Gasteiger partial charge in [-0.05, 0) is 51.4 Å². The zero-order valence-electron chi connectivity index (χ0n) is 50.8. The number of carbonyl (C=O) groups is 2. The van der Waals surface area contributed by atoms with E-state index in [1.807, 2.05) is 0 Å². The van der Waals surface area contributed by atoms with Gasteiger partial charge in [0.05, 0.1) is 6.61 Å². The van der Waals surface area contributed by atoms with Crippen molar-refractivity contribution in [2.24, 2.45) is 0 Å². The molecular weight excluding hydrogens is 921 g/mol. The van der Waals surface area contributed by atoms with Crippen LogP contribution in [0.5, 0.6) is 0 Å². The van der Waals surface area contributed by atoms with E-state index in [4.69, 9.17) is 9.47 Å². The molecule has 0 bridgehead atoms. The number of ether oxygens (including phenoxy) is 2. The summed E-state index contributed by atoms with van der Waals surface area (Å²) in [5.74, 6) is -0.572. The van der Waals surface area contributed by atoms with Crippen molar-refractivity contribution in [1.29, 1.82) is 0 Å². The molecule has 0 heterocycles. The van der Waals surface area contributed by atoms with Crippen molar-refractivity contribution in [3.8, 4) is 0 Å². The Morgan fingerprint density at radius 3 is 0.800 bits per heavy atom. The van der Waals surface area contributed by atoms with E-state index in [-0.39, 0.29) is 25.2 Å². The third kappa shape index (κ3) is 64.5. The molecule has 0 saturated carbocycles. The van der Waals surface area contributed by atoms with Crippen LogP contribution in [0.25, 0.3) is 0 Å². The predicted octanol–water partition coefficient (Wildman–Crippen LogP) is 23.4. The third-order valence-electron chi connectivity index (χ3n) is 15.7. The van der Waals surface area contributed by atoms with Crippen molar-refractivity contribution >= 4 is 11.9 Å². The SMILES string of the molecule is CCCCCCC/C=C\C/C=C\C/C=C\CCCCCCCCCCCCCCC(=O)OC(CO)COC(=O)CCCCCCCCCCCCCCCCCCCCCCCCCCCCCCCCCCCC. The molecule has 0 radical (unpaired) electrons. The molecule has 1 N–H and O–H groups in total. The number of aliphatic hydroxyl groups is 1. The number of unbranched alkanes of at least 4 members (excludes halogenated alkanes) is 50. The van der Waals surface area contributed by atoms with Gasteiger partial charge >= 0.3 is 11.9 Å². The molecule has 0 amide bonds. The zero-order chi connectivity index (χ0) is 54.1. The Morgan fingerprint density at radius 2 is 0.533 bits per heavy atom. The van der Waals surface area contributed by atoms with Crippen LogP contribution < -0.4 is 0 Å². The van der Waals surface area contributed by atoms with Gasteiger partial charge in [0.25, 0.3) is 0 Å². The second kappa shape index (κ2) is 66.4. The van der Waals surface area contributed by atoms with Crippen LogP contribution in [0.3, 0.4) is 0 Å². The Bertz CT molecular complexity index is 1190. The minimum Gasteiger partial charge on any atom is -0.462 e. The Labute approximate surface area is 469 Å². The highest BCUT2D eigenvalue weighted by Crippen LogP contribution is 2.19. The Hall–Kier alpha value is -1.88. The molecular formula is C70H132O5. The van der Waals surface area contributed by atoms with Gasteiger partial charge in [0.15, 0.2) is 6.10 Å². The highest BCUT2D eigenvalue weighted by Gasteiger charge is 2.16. The van der Waals surface area contributed by atoms with Crippen LogP contribution in [0.4, 0.5) is 0 Å². The van der Waals surface area contributed by atoms with E-state index in [1.165, 1.54) is 308 Å². The van der Waals surface area contributed by atoms with Crippen LogP contribution in [0, 0.1) is 0 Å². The smallest absolute Gasteiger partial charge is 0.306 e. The maximum absolute atomic E-state index is 12.3. The van der Waals surface area contributed by atoms with Crippen LogP contribution in [0.1, 0.15) is 380 Å². The lowest BCUT2D eigenvalue weighted by Crippen LogP contribution is -2.28. The highest BCUT2D eigenvalue weighted by molar-refractivity contribution is 5.70. The minimum atomic E-state index is -0.772. The van der Waals surface area contributed by atoms with Gasteiger partial charge in [-0.1, -0.05) is 352 Å². The van der Waals surface area contributed by atoms with E-state index in [1.54, 1.807) is 0 Å². The Balaban J connectivity index is 3.39. The van der Waals surface area contributed by atoms with Gasteiger partial charge in [0.1, 0.15) is 6.61 Å². The average Bonchev–Trinajstić information content (AvgIpc) is 3.41. The van der Waals surface area contributed by atoms with E-state index >= 15 is 0 Å². The topological polar surface area (TPSA) is 72.8 Å². The summed E-state index contributed by atoms with van der Waals surface area (Å²) in [6, 6.07) is 0. The molecule has 442 valence electrons. The van der Waals surface area contributed by atoms with E-state index in [0.717, 1.165) is 44.9 Å². The summed E-state index contributed by atoms with van der Waals surface area (Å²) in [6.45, 7) is 4.19. The third-order valence-corrected chi connectivity index (χ3v) is 15.7. The fraction of sp³-hybridized carbons (Fsp3) is 0.886. The molecule has 0 saturated heterocycles. The molecule has 5 heteroatoms. The van der Waals surface area contributed by atoms with Crippen molar-refractivity contribution in [2.75, 3.05) is 13.2 Å². The fourth-order valence-corrected chi connectivity index (χ4v) is 10.6. The molecule has 0 aliphatic rings. The van der Waals surface area contributed by atoms with Crippen LogP contribution in [-0.4, -0.2) is 36.4 Å². The first-order valence-corrected chi connectivity index (χ1v) is 34.0. The summed E-state index contributed by atoms with van der Waals surface area (Å²) in [6.07, 6.45) is 87.5. The molecule has 75 heavy (non-hydrogen) atoms. The van der Waals surface area contributed by atoms with Crippen LogP contribution >= 0.6 is 0 Å². The number of allylic oxidation sites excluding steroid dienone is 6. The monoisotopic (exact) mass is 1050 g/mol. The Kier molecular flexibility index (Phi) is 64.7. The molecule has 5 nitrogen and oxygen atoms in total. The van der Waals surface area contributed by atoms with Crippen LogP contribution in [0.2, 0.25) is 0 Å². The maximum atomic E-state index is 12.3. The molecule has 0 aromatic heterocycles. The van der Waals surface area contributed by atoms with Crippen LogP contribution in [0.15, 0.2) is 36.5 Å². The van der Waals surface area contributed by atoms with Crippen molar-refractivity contribution in [2.45, 2.75) is 386 Å². The van der Waals surface area contributed by atoms with E-state index in [9.17, 15) is 14.7 Å². The quantitative estimate of drug-likeness (QED) is 0.0373. The van der Waals surface area contributed by atoms with Crippen molar-refractivity contribution in [1.82, 2.24) is 0 Å². The molecule has 0 aliphatic carbocycles. The van der Waals surface area contributed by atoms with Gasteiger partial charge in [-0.15, -0.1) is 0 Å². The normalized spacial score (nSPS) is 12.3. The summed E-state index contributed by atoms with van der Waals surface area (Å²) in [7, 11) is 0. The van der Waals surface area contributed by atoms with E-state index in [2.05, 4.69) is 50.3 Å². The fourth-order valence-electron chi connectivity index (χ4n) is 10.6. The largest absolute Gasteiger partial charge is 0.462 e. The number of aliphatic hydroxyl groups excluding tert-OH is 1. The summed E-state index contributed by atoms with van der Waals surface area (Å²) in [5, 5.41) is 9.69. The maximum Gasteiger partial charge on any atom is 0.306 e. The molecule has 0 rings (SSSR count). The van der Waals surface area contributed by atoms with Gasteiger partial charge in [-0.2, -0.15) is 0 Å².